The standard InChI is InChI=1S/C15H24N4O/c1-4-15(12-5-7-13(20)8-6-12)11-17-14(16)19(15)10-9-18(2)3/h5-8,20H,4,9-11H2,1-3H3,(H2,16,17). The van der Waals surface area contributed by atoms with Gasteiger partial charge in [0.25, 0.3) is 0 Å². The van der Waals surface area contributed by atoms with Gasteiger partial charge in [-0.15, -0.1) is 0 Å². The second kappa shape index (κ2) is 5.71. The molecule has 5 nitrogen and oxygen atoms in total. The van der Waals surface area contributed by atoms with Crippen LogP contribution in [0.4, 0.5) is 0 Å². The highest BCUT2D eigenvalue weighted by Gasteiger charge is 2.41. The fourth-order valence-electron chi connectivity index (χ4n) is 2.76. The maximum Gasteiger partial charge on any atom is 0.192 e. The van der Waals surface area contributed by atoms with Gasteiger partial charge in [-0.3, -0.25) is 4.99 Å². The number of guanidine groups is 1. The number of phenolic OH excluding ortho intramolecular Hbond substituents is 1. The number of aromatic hydroxyl groups is 1. The summed E-state index contributed by atoms with van der Waals surface area (Å²) in [6.07, 6.45) is 0.926. The first kappa shape index (κ1) is 14.7. The first-order chi connectivity index (χ1) is 9.49. The molecule has 0 spiro atoms. The minimum Gasteiger partial charge on any atom is -0.508 e. The van der Waals surface area contributed by atoms with Crippen LogP contribution in [0.3, 0.4) is 0 Å². The van der Waals surface area contributed by atoms with Crippen LogP contribution in [0.15, 0.2) is 29.3 Å². The SMILES string of the molecule is CCC1(c2ccc(O)cc2)CN=C(N)N1CCN(C)C. The van der Waals surface area contributed by atoms with E-state index in [1.54, 1.807) is 12.1 Å². The normalized spacial score (nSPS) is 22.4. The molecule has 1 aromatic carbocycles. The first-order valence-electron chi connectivity index (χ1n) is 7.01. The maximum atomic E-state index is 9.48. The second-order valence-corrected chi connectivity index (χ2v) is 5.56. The topological polar surface area (TPSA) is 65.1 Å². The molecule has 1 unspecified atom stereocenters. The van der Waals surface area contributed by atoms with Gasteiger partial charge in [-0.1, -0.05) is 19.1 Å². The van der Waals surface area contributed by atoms with E-state index in [2.05, 4.69) is 35.8 Å². The molecular weight excluding hydrogens is 252 g/mol. The van der Waals surface area contributed by atoms with Crippen molar-refractivity contribution in [2.24, 2.45) is 10.7 Å². The molecule has 110 valence electrons. The van der Waals surface area contributed by atoms with Gasteiger partial charge in [0.15, 0.2) is 5.96 Å². The van der Waals surface area contributed by atoms with E-state index in [1.165, 1.54) is 0 Å². The van der Waals surface area contributed by atoms with Crippen LogP contribution in [0.2, 0.25) is 0 Å². The average Bonchev–Trinajstić information content (AvgIpc) is 2.75. The molecule has 0 saturated carbocycles. The molecule has 0 amide bonds. The molecule has 1 atom stereocenters. The van der Waals surface area contributed by atoms with Crippen LogP contribution in [0, 0.1) is 0 Å². The lowest BCUT2D eigenvalue weighted by Gasteiger charge is -2.39. The van der Waals surface area contributed by atoms with Crippen molar-refractivity contribution in [2.75, 3.05) is 33.7 Å². The lowest BCUT2D eigenvalue weighted by atomic mass is 9.86. The summed E-state index contributed by atoms with van der Waals surface area (Å²) in [5, 5.41) is 9.48. The highest BCUT2D eigenvalue weighted by atomic mass is 16.3. The first-order valence-corrected chi connectivity index (χ1v) is 7.01. The molecule has 0 aromatic heterocycles. The zero-order valence-electron chi connectivity index (χ0n) is 12.5. The van der Waals surface area contributed by atoms with Crippen LogP contribution in [-0.4, -0.2) is 54.6 Å². The number of hydrogen-bond acceptors (Lipinski definition) is 5. The Kier molecular flexibility index (Phi) is 4.18. The summed E-state index contributed by atoms with van der Waals surface area (Å²) in [6, 6.07) is 7.39. The summed E-state index contributed by atoms with van der Waals surface area (Å²) >= 11 is 0. The van der Waals surface area contributed by atoms with E-state index < -0.39 is 0 Å². The predicted molar refractivity (Wildman–Crippen MR) is 81.8 cm³/mol. The third-order valence-corrected chi connectivity index (χ3v) is 4.06. The fraction of sp³-hybridized carbons (Fsp3) is 0.533. The Balaban J connectivity index is 2.30. The summed E-state index contributed by atoms with van der Waals surface area (Å²) in [6.45, 7) is 4.60. The molecule has 0 saturated heterocycles. The molecule has 20 heavy (non-hydrogen) atoms. The lowest BCUT2D eigenvalue weighted by molar-refractivity contribution is 0.179. The quantitative estimate of drug-likeness (QED) is 0.848. The van der Waals surface area contributed by atoms with Gasteiger partial charge in [0, 0.05) is 13.1 Å². The van der Waals surface area contributed by atoms with E-state index in [-0.39, 0.29) is 11.3 Å². The van der Waals surface area contributed by atoms with E-state index in [0.29, 0.717) is 12.5 Å². The number of phenols is 1. The number of nitrogens with two attached hydrogens (primary N) is 1. The van der Waals surface area contributed by atoms with E-state index in [9.17, 15) is 5.11 Å². The van der Waals surface area contributed by atoms with Crippen LogP contribution in [0.1, 0.15) is 18.9 Å². The molecule has 1 heterocycles. The van der Waals surface area contributed by atoms with E-state index in [4.69, 9.17) is 5.73 Å². The van der Waals surface area contributed by atoms with Crippen molar-refractivity contribution < 1.29 is 5.11 Å². The molecule has 1 aliphatic rings. The Labute approximate surface area is 120 Å². The summed E-state index contributed by atoms with van der Waals surface area (Å²) in [7, 11) is 4.11. The van der Waals surface area contributed by atoms with Crippen molar-refractivity contribution in [3.05, 3.63) is 29.8 Å². The van der Waals surface area contributed by atoms with E-state index in [0.717, 1.165) is 25.1 Å². The van der Waals surface area contributed by atoms with Crippen LogP contribution >= 0.6 is 0 Å². The second-order valence-electron chi connectivity index (χ2n) is 5.56. The lowest BCUT2D eigenvalue weighted by Crippen LogP contribution is -2.51. The van der Waals surface area contributed by atoms with Crippen molar-refractivity contribution in [3.8, 4) is 5.75 Å². The largest absolute Gasteiger partial charge is 0.508 e. The van der Waals surface area contributed by atoms with Gasteiger partial charge >= 0.3 is 0 Å². The molecular formula is C15H24N4O. The van der Waals surface area contributed by atoms with Gasteiger partial charge in [-0.2, -0.15) is 0 Å². The van der Waals surface area contributed by atoms with Crippen LogP contribution in [0.5, 0.6) is 5.75 Å². The number of nitrogens with zero attached hydrogens (tertiary/aromatic N) is 3. The molecule has 2 rings (SSSR count). The maximum absolute atomic E-state index is 9.48. The number of aliphatic imine (C=N–C) groups is 1. The number of rotatable bonds is 5. The van der Waals surface area contributed by atoms with Gasteiger partial charge in [-0.05, 0) is 38.2 Å². The molecule has 0 aliphatic carbocycles. The van der Waals surface area contributed by atoms with Crippen molar-refractivity contribution in [1.29, 1.82) is 0 Å². The average molecular weight is 276 g/mol. The van der Waals surface area contributed by atoms with Crippen molar-refractivity contribution >= 4 is 5.96 Å². The zero-order valence-corrected chi connectivity index (χ0v) is 12.5. The highest BCUT2D eigenvalue weighted by Crippen LogP contribution is 2.36. The molecule has 0 bridgehead atoms. The molecule has 0 fully saturated rings. The Morgan fingerprint density at radius 1 is 1.35 bits per heavy atom. The van der Waals surface area contributed by atoms with Gasteiger partial charge in [-0.25, -0.2) is 0 Å². The smallest absolute Gasteiger partial charge is 0.192 e. The molecule has 1 aromatic rings. The molecule has 5 heteroatoms. The fourth-order valence-corrected chi connectivity index (χ4v) is 2.76. The number of hydrogen-bond donors (Lipinski definition) is 2. The monoisotopic (exact) mass is 276 g/mol. The number of benzene rings is 1. The minimum absolute atomic E-state index is 0.187. The summed E-state index contributed by atoms with van der Waals surface area (Å²) in [4.78, 5) is 8.79. The minimum atomic E-state index is -0.187. The van der Waals surface area contributed by atoms with Crippen molar-refractivity contribution in [1.82, 2.24) is 9.80 Å². The summed E-state index contributed by atoms with van der Waals surface area (Å²) in [5.41, 5.74) is 7.06. The van der Waals surface area contributed by atoms with Crippen LogP contribution < -0.4 is 5.73 Å². The molecule has 0 radical (unpaired) electrons. The van der Waals surface area contributed by atoms with Gasteiger partial charge in [0.1, 0.15) is 5.75 Å². The summed E-state index contributed by atoms with van der Waals surface area (Å²) < 4.78 is 0. The predicted octanol–water partition coefficient (Wildman–Crippen LogP) is 1.19. The van der Waals surface area contributed by atoms with Crippen molar-refractivity contribution in [2.45, 2.75) is 18.9 Å². The van der Waals surface area contributed by atoms with Crippen molar-refractivity contribution in [3.63, 3.8) is 0 Å². The highest BCUT2D eigenvalue weighted by molar-refractivity contribution is 5.81. The van der Waals surface area contributed by atoms with Gasteiger partial charge < -0.3 is 20.6 Å². The van der Waals surface area contributed by atoms with Crippen LogP contribution in [0.25, 0.3) is 0 Å². The van der Waals surface area contributed by atoms with E-state index >= 15 is 0 Å². The molecule has 3 N–H and O–H groups in total. The molecule has 1 aliphatic heterocycles. The Morgan fingerprint density at radius 3 is 2.55 bits per heavy atom. The number of likely N-dealkylation sites (N-methyl/N-ethyl adjacent to an activating group) is 1. The third kappa shape index (κ3) is 2.58. The Bertz CT molecular complexity index is 483. The summed E-state index contributed by atoms with van der Waals surface area (Å²) in [5.74, 6) is 0.897. The third-order valence-electron chi connectivity index (χ3n) is 4.06. The van der Waals surface area contributed by atoms with Gasteiger partial charge in [0.2, 0.25) is 0 Å². The Morgan fingerprint density at radius 2 is 2.00 bits per heavy atom. The van der Waals surface area contributed by atoms with Crippen LogP contribution in [-0.2, 0) is 5.54 Å². The van der Waals surface area contributed by atoms with Gasteiger partial charge in [0.05, 0.1) is 12.1 Å². The van der Waals surface area contributed by atoms with E-state index in [1.807, 2.05) is 12.1 Å². The Hall–Kier alpha value is -1.75. The zero-order chi connectivity index (χ0) is 14.8.